The first-order valence-electron chi connectivity index (χ1n) is 4.03. The summed E-state index contributed by atoms with van der Waals surface area (Å²) < 4.78 is 5.25. The van der Waals surface area contributed by atoms with Crippen LogP contribution in [0.5, 0.6) is 5.75 Å². The van der Waals surface area contributed by atoms with Crippen LogP contribution >= 0.6 is 0 Å². The minimum atomic E-state index is -0.412. The lowest BCUT2D eigenvalue weighted by atomic mass is 9.98. The van der Waals surface area contributed by atoms with Gasteiger partial charge in [0.2, 0.25) is 5.78 Å². The van der Waals surface area contributed by atoms with Crippen LogP contribution in [0.15, 0.2) is 24.3 Å². The van der Waals surface area contributed by atoms with Gasteiger partial charge >= 0.3 is 0 Å². The fourth-order valence-electron chi connectivity index (χ4n) is 1.48. The summed E-state index contributed by atoms with van der Waals surface area (Å²) >= 11 is 0. The molecule has 0 N–H and O–H groups in total. The number of fused-ring (bicyclic) bond motifs is 1. The molecule has 0 saturated carbocycles. The van der Waals surface area contributed by atoms with Crippen LogP contribution in [0.2, 0.25) is 0 Å². The Labute approximate surface area is 75.3 Å². The SMILES string of the molecule is O=CC(=O)C1COc2ccccc21. The molecule has 1 aromatic rings. The first-order chi connectivity index (χ1) is 6.33. The smallest absolute Gasteiger partial charge is 0.206 e. The number of hydrogen-bond acceptors (Lipinski definition) is 3. The lowest BCUT2D eigenvalue weighted by Gasteiger charge is -2.00. The van der Waals surface area contributed by atoms with Crippen molar-refractivity contribution in [2.24, 2.45) is 0 Å². The normalized spacial score (nSPS) is 18.9. The fourth-order valence-corrected chi connectivity index (χ4v) is 1.48. The van der Waals surface area contributed by atoms with E-state index < -0.39 is 11.7 Å². The van der Waals surface area contributed by atoms with E-state index in [0.29, 0.717) is 12.0 Å². The molecule has 1 aliphatic rings. The minimum Gasteiger partial charge on any atom is -0.492 e. The average Bonchev–Trinajstić information content (AvgIpc) is 2.60. The highest BCUT2D eigenvalue weighted by Gasteiger charge is 2.29. The van der Waals surface area contributed by atoms with Crippen molar-refractivity contribution in [1.82, 2.24) is 0 Å². The topological polar surface area (TPSA) is 43.4 Å². The molecule has 66 valence electrons. The summed E-state index contributed by atoms with van der Waals surface area (Å²) in [6.07, 6.45) is 0.357. The van der Waals surface area contributed by atoms with Crippen LogP contribution in [0.4, 0.5) is 0 Å². The summed E-state index contributed by atoms with van der Waals surface area (Å²) in [6.45, 7) is 0.289. The van der Waals surface area contributed by atoms with Gasteiger partial charge in [0.05, 0.1) is 5.92 Å². The molecule has 0 amide bonds. The molecule has 0 spiro atoms. The van der Waals surface area contributed by atoms with Crippen molar-refractivity contribution in [2.75, 3.05) is 6.61 Å². The number of carbonyl (C=O) groups excluding carboxylic acids is 2. The average molecular weight is 176 g/mol. The van der Waals surface area contributed by atoms with E-state index in [1.807, 2.05) is 18.2 Å². The first kappa shape index (κ1) is 7.98. The summed E-state index contributed by atoms with van der Waals surface area (Å²) in [5, 5.41) is 0. The van der Waals surface area contributed by atoms with E-state index in [4.69, 9.17) is 4.74 Å². The minimum absolute atomic E-state index is 0.289. The molecule has 0 saturated heterocycles. The van der Waals surface area contributed by atoms with Crippen LogP contribution in [0.1, 0.15) is 11.5 Å². The highest BCUT2D eigenvalue weighted by molar-refractivity contribution is 6.28. The molecule has 0 aromatic heterocycles. The third-order valence-corrected chi connectivity index (χ3v) is 2.16. The maximum atomic E-state index is 11.1. The summed E-state index contributed by atoms with van der Waals surface area (Å²) in [7, 11) is 0. The van der Waals surface area contributed by atoms with Crippen LogP contribution in [0.25, 0.3) is 0 Å². The summed E-state index contributed by atoms with van der Waals surface area (Å²) in [5.41, 5.74) is 0.819. The van der Waals surface area contributed by atoms with Gasteiger partial charge in [-0.25, -0.2) is 0 Å². The maximum Gasteiger partial charge on any atom is 0.206 e. The van der Waals surface area contributed by atoms with Crippen molar-refractivity contribution >= 4 is 12.1 Å². The summed E-state index contributed by atoms with van der Waals surface area (Å²) in [4.78, 5) is 21.4. The predicted molar refractivity (Wildman–Crippen MR) is 45.7 cm³/mol. The van der Waals surface area contributed by atoms with E-state index in [1.165, 1.54) is 0 Å². The van der Waals surface area contributed by atoms with Crippen LogP contribution in [0.3, 0.4) is 0 Å². The predicted octanol–water partition coefficient (Wildman–Crippen LogP) is 0.931. The van der Waals surface area contributed by atoms with E-state index in [2.05, 4.69) is 0 Å². The van der Waals surface area contributed by atoms with Crippen molar-refractivity contribution in [3.8, 4) is 5.75 Å². The van der Waals surface area contributed by atoms with Gasteiger partial charge in [0.25, 0.3) is 0 Å². The fraction of sp³-hybridized carbons (Fsp3) is 0.200. The highest BCUT2D eigenvalue weighted by Crippen LogP contribution is 2.33. The Morgan fingerprint density at radius 2 is 2.23 bits per heavy atom. The molecular formula is C10H8O3. The van der Waals surface area contributed by atoms with Crippen LogP contribution < -0.4 is 4.74 Å². The second kappa shape index (κ2) is 3.01. The molecule has 0 bridgehead atoms. The number of benzene rings is 1. The molecule has 1 unspecified atom stereocenters. The monoisotopic (exact) mass is 176 g/mol. The number of rotatable bonds is 2. The number of para-hydroxylation sites is 1. The highest BCUT2D eigenvalue weighted by atomic mass is 16.5. The molecule has 1 atom stereocenters. The number of carbonyl (C=O) groups is 2. The zero-order valence-electron chi connectivity index (χ0n) is 6.90. The molecule has 3 heteroatoms. The standard InChI is InChI=1S/C10H8O3/c11-5-9(12)8-6-13-10-4-2-1-3-7(8)10/h1-5,8H,6H2. The van der Waals surface area contributed by atoms with E-state index in [9.17, 15) is 9.59 Å². The number of ketones is 1. The first-order valence-corrected chi connectivity index (χ1v) is 4.03. The van der Waals surface area contributed by atoms with Gasteiger partial charge in [0, 0.05) is 5.56 Å². The van der Waals surface area contributed by atoms with Crippen molar-refractivity contribution < 1.29 is 14.3 Å². The Balaban J connectivity index is 2.38. The van der Waals surface area contributed by atoms with Gasteiger partial charge in [-0.3, -0.25) is 9.59 Å². The third-order valence-electron chi connectivity index (χ3n) is 2.16. The summed E-state index contributed by atoms with van der Waals surface area (Å²) in [5.74, 6) is -0.0960. The molecule has 0 fully saturated rings. The van der Waals surface area contributed by atoms with E-state index >= 15 is 0 Å². The van der Waals surface area contributed by atoms with Crippen LogP contribution in [-0.2, 0) is 9.59 Å². The molecule has 13 heavy (non-hydrogen) atoms. The van der Waals surface area contributed by atoms with E-state index in [-0.39, 0.29) is 6.61 Å². The molecule has 3 nitrogen and oxygen atoms in total. The molecule has 1 aromatic carbocycles. The van der Waals surface area contributed by atoms with Crippen LogP contribution in [-0.4, -0.2) is 18.7 Å². The third kappa shape index (κ3) is 1.22. The number of Topliss-reactive ketones (excluding diaryl/α,β-unsaturated/α-hetero) is 1. The Morgan fingerprint density at radius 3 is 3.00 bits per heavy atom. The molecular weight excluding hydrogens is 168 g/mol. The Kier molecular flexibility index (Phi) is 1.85. The van der Waals surface area contributed by atoms with Crippen molar-refractivity contribution in [2.45, 2.75) is 5.92 Å². The maximum absolute atomic E-state index is 11.1. The van der Waals surface area contributed by atoms with Gasteiger partial charge in [0.15, 0.2) is 6.29 Å². The largest absolute Gasteiger partial charge is 0.492 e. The van der Waals surface area contributed by atoms with Crippen molar-refractivity contribution in [3.63, 3.8) is 0 Å². The Bertz CT molecular complexity index is 357. The molecule has 1 heterocycles. The molecule has 1 aliphatic heterocycles. The zero-order valence-corrected chi connectivity index (χ0v) is 6.90. The second-order valence-electron chi connectivity index (χ2n) is 2.92. The van der Waals surface area contributed by atoms with Gasteiger partial charge in [0.1, 0.15) is 12.4 Å². The van der Waals surface area contributed by atoms with E-state index in [0.717, 1.165) is 5.56 Å². The van der Waals surface area contributed by atoms with Crippen molar-refractivity contribution in [3.05, 3.63) is 29.8 Å². The Hall–Kier alpha value is -1.64. The van der Waals surface area contributed by atoms with Crippen molar-refractivity contribution in [1.29, 1.82) is 0 Å². The quantitative estimate of drug-likeness (QED) is 0.497. The molecule has 2 rings (SSSR count). The molecule has 0 radical (unpaired) electrons. The zero-order chi connectivity index (χ0) is 9.26. The Morgan fingerprint density at radius 1 is 1.46 bits per heavy atom. The van der Waals surface area contributed by atoms with Gasteiger partial charge < -0.3 is 4.74 Å². The van der Waals surface area contributed by atoms with Gasteiger partial charge in [-0.2, -0.15) is 0 Å². The van der Waals surface area contributed by atoms with Crippen LogP contribution in [0, 0.1) is 0 Å². The van der Waals surface area contributed by atoms with Gasteiger partial charge in [-0.1, -0.05) is 18.2 Å². The second-order valence-corrected chi connectivity index (χ2v) is 2.92. The number of aldehydes is 1. The van der Waals surface area contributed by atoms with E-state index in [1.54, 1.807) is 6.07 Å². The van der Waals surface area contributed by atoms with Gasteiger partial charge in [-0.05, 0) is 6.07 Å². The number of hydrogen-bond donors (Lipinski definition) is 0. The molecule has 0 aliphatic carbocycles. The lowest BCUT2D eigenvalue weighted by molar-refractivity contribution is -0.131. The summed E-state index contributed by atoms with van der Waals surface area (Å²) in [6, 6.07) is 7.28. The lowest BCUT2D eigenvalue weighted by Crippen LogP contribution is -2.14. The number of ether oxygens (including phenoxy) is 1. The van der Waals surface area contributed by atoms with Gasteiger partial charge in [-0.15, -0.1) is 0 Å².